The molecule has 68 valence electrons. The van der Waals surface area contributed by atoms with Crippen molar-refractivity contribution in [2.75, 3.05) is 13.2 Å². The van der Waals surface area contributed by atoms with Gasteiger partial charge in [0.2, 0.25) is 0 Å². The Bertz CT molecular complexity index is 108. The summed E-state index contributed by atoms with van der Waals surface area (Å²) in [6, 6.07) is 0. The summed E-state index contributed by atoms with van der Waals surface area (Å²) in [6.45, 7) is 2.42. The van der Waals surface area contributed by atoms with Gasteiger partial charge >= 0.3 is 6.11 Å². The first kappa shape index (κ1) is 10.7. The minimum atomic E-state index is -3.83. The Hall–Kier alpha value is -0.290. The highest BCUT2D eigenvalue weighted by Crippen LogP contribution is 2.23. The molecule has 0 bridgehead atoms. The summed E-state index contributed by atoms with van der Waals surface area (Å²) in [5.41, 5.74) is 0. The van der Waals surface area contributed by atoms with Crippen LogP contribution >= 0.6 is 0 Å². The van der Waals surface area contributed by atoms with Crippen LogP contribution in [0.25, 0.3) is 0 Å². The van der Waals surface area contributed by atoms with Crippen LogP contribution in [-0.4, -0.2) is 25.7 Å². The molecular weight excluding hydrogens is 161 g/mol. The van der Waals surface area contributed by atoms with Gasteiger partial charge in [0.15, 0.2) is 0 Å². The van der Waals surface area contributed by atoms with Crippen molar-refractivity contribution in [2.24, 2.45) is 0 Å². The topological polar surface area (TPSA) is 18.5 Å². The average Bonchev–Trinajstić information content (AvgIpc) is 1.88. The standard InChI is InChI=1S/C6H11F3O2/c1-3-10-5(7)6(8,9)11-4-2/h5H,3-4H2,1-2H3. The predicted molar refractivity (Wildman–Crippen MR) is 33.1 cm³/mol. The van der Waals surface area contributed by atoms with Crippen LogP contribution in [-0.2, 0) is 9.47 Å². The van der Waals surface area contributed by atoms with Gasteiger partial charge in [0.25, 0.3) is 6.36 Å². The van der Waals surface area contributed by atoms with Crippen molar-refractivity contribution < 1.29 is 22.6 Å². The molecule has 0 N–H and O–H groups in total. The third kappa shape index (κ3) is 3.57. The lowest BCUT2D eigenvalue weighted by Crippen LogP contribution is -2.35. The Morgan fingerprint density at radius 3 is 2.18 bits per heavy atom. The summed E-state index contributed by atoms with van der Waals surface area (Å²) in [4.78, 5) is 0. The van der Waals surface area contributed by atoms with Gasteiger partial charge in [-0.15, -0.1) is 0 Å². The van der Waals surface area contributed by atoms with E-state index in [0.717, 1.165) is 0 Å². The molecule has 1 unspecified atom stereocenters. The lowest BCUT2D eigenvalue weighted by atomic mass is 10.6. The second-order valence-electron chi connectivity index (χ2n) is 1.77. The molecular formula is C6H11F3O2. The van der Waals surface area contributed by atoms with E-state index in [2.05, 4.69) is 9.47 Å². The highest BCUT2D eigenvalue weighted by atomic mass is 19.3. The summed E-state index contributed by atoms with van der Waals surface area (Å²) >= 11 is 0. The van der Waals surface area contributed by atoms with Crippen LogP contribution in [0.15, 0.2) is 0 Å². The molecule has 0 aromatic carbocycles. The van der Waals surface area contributed by atoms with Gasteiger partial charge in [-0.1, -0.05) is 0 Å². The van der Waals surface area contributed by atoms with Crippen LogP contribution in [0.1, 0.15) is 13.8 Å². The molecule has 0 aromatic heterocycles. The monoisotopic (exact) mass is 172 g/mol. The van der Waals surface area contributed by atoms with E-state index < -0.39 is 12.5 Å². The van der Waals surface area contributed by atoms with Crippen LogP contribution < -0.4 is 0 Å². The molecule has 5 heteroatoms. The number of rotatable bonds is 5. The van der Waals surface area contributed by atoms with Gasteiger partial charge < -0.3 is 9.47 Å². The molecule has 0 aromatic rings. The quantitative estimate of drug-likeness (QED) is 0.631. The molecule has 2 nitrogen and oxygen atoms in total. The fourth-order valence-electron chi connectivity index (χ4n) is 0.501. The highest BCUT2D eigenvalue weighted by molar-refractivity contribution is 4.55. The number of halogens is 3. The number of hydrogen-bond donors (Lipinski definition) is 0. The number of alkyl halides is 3. The third-order valence-corrected chi connectivity index (χ3v) is 0.914. The third-order valence-electron chi connectivity index (χ3n) is 0.914. The van der Waals surface area contributed by atoms with Crippen molar-refractivity contribution in [3.05, 3.63) is 0 Å². The Labute approximate surface area is 63.3 Å². The Morgan fingerprint density at radius 1 is 1.27 bits per heavy atom. The van der Waals surface area contributed by atoms with Crippen LogP contribution in [0.2, 0.25) is 0 Å². The van der Waals surface area contributed by atoms with Gasteiger partial charge in [0.1, 0.15) is 0 Å². The minimum Gasteiger partial charge on any atom is -0.342 e. The van der Waals surface area contributed by atoms with E-state index in [1.807, 2.05) is 0 Å². The molecule has 0 aliphatic carbocycles. The molecule has 0 rings (SSSR count). The normalized spacial score (nSPS) is 15.0. The summed E-state index contributed by atoms with van der Waals surface area (Å²) in [5.74, 6) is 0. The maximum Gasteiger partial charge on any atom is 0.411 e. The van der Waals surface area contributed by atoms with Gasteiger partial charge in [0.05, 0.1) is 6.61 Å². The van der Waals surface area contributed by atoms with E-state index in [1.165, 1.54) is 13.8 Å². The first-order valence-corrected chi connectivity index (χ1v) is 3.32. The minimum absolute atomic E-state index is 0.107. The number of hydrogen-bond acceptors (Lipinski definition) is 2. The molecule has 1 atom stereocenters. The van der Waals surface area contributed by atoms with Crippen LogP contribution in [0.4, 0.5) is 13.2 Å². The summed E-state index contributed by atoms with van der Waals surface area (Å²) < 4.78 is 44.7. The van der Waals surface area contributed by atoms with Gasteiger partial charge in [-0.3, -0.25) is 0 Å². The zero-order chi connectivity index (χ0) is 8.91. The molecule has 0 amide bonds. The molecule has 0 saturated heterocycles. The molecule has 0 aliphatic heterocycles. The molecule has 0 heterocycles. The summed E-state index contributed by atoms with van der Waals surface area (Å²) in [6.07, 6.45) is -6.50. The lowest BCUT2D eigenvalue weighted by molar-refractivity contribution is -0.327. The van der Waals surface area contributed by atoms with Crippen molar-refractivity contribution in [3.63, 3.8) is 0 Å². The predicted octanol–water partition coefficient (Wildman–Crippen LogP) is 1.95. The van der Waals surface area contributed by atoms with Gasteiger partial charge in [-0.25, -0.2) is 4.39 Å². The second-order valence-corrected chi connectivity index (χ2v) is 1.77. The first-order valence-electron chi connectivity index (χ1n) is 3.32. The Kier molecular flexibility index (Phi) is 4.44. The maximum absolute atomic E-state index is 12.3. The summed E-state index contributed by atoms with van der Waals surface area (Å²) in [7, 11) is 0. The van der Waals surface area contributed by atoms with Crippen molar-refractivity contribution in [1.29, 1.82) is 0 Å². The summed E-state index contributed by atoms with van der Waals surface area (Å²) in [5, 5.41) is 0. The smallest absolute Gasteiger partial charge is 0.342 e. The molecule has 0 radical (unpaired) electrons. The highest BCUT2D eigenvalue weighted by Gasteiger charge is 2.42. The molecule has 0 spiro atoms. The van der Waals surface area contributed by atoms with Crippen molar-refractivity contribution in [1.82, 2.24) is 0 Å². The van der Waals surface area contributed by atoms with Crippen LogP contribution in [0, 0.1) is 0 Å². The second kappa shape index (κ2) is 4.56. The van der Waals surface area contributed by atoms with Gasteiger partial charge in [0, 0.05) is 6.61 Å². The first-order chi connectivity index (χ1) is 5.04. The van der Waals surface area contributed by atoms with Crippen molar-refractivity contribution in [3.8, 4) is 0 Å². The fourth-order valence-corrected chi connectivity index (χ4v) is 0.501. The number of ether oxygens (including phenoxy) is 2. The van der Waals surface area contributed by atoms with E-state index >= 15 is 0 Å². The molecule has 0 saturated carbocycles. The largest absolute Gasteiger partial charge is 0.411 e. The Morgan fingerprint density at radius 2 is 1.82 bits per heavy atom. The van der Waals surface area contributed by atoms with E-state index in [9.17, 15) is 13.2 Å². The van der Waals surface area contributed by atoms with Gasteiger partial charge in [-0.05, 0) is 13.8 Å². The lowest BCUT2D eigenvalue weighted by Gasteiger charge is -2.19. The Balaban J connectivity index is 3.83. The van der Waals surface area contributed by atoms with Crippen molar-refractivity contribution >= 4 is 0 Å². The average molecular weight is 172 g/mol. The van der Waals surface area contributed by atoms with E-state index in [-0.39, 0.29) is 13.2 Å². The fraction of sp³-hybridized carbons (Fsp3) is 1.00. The van der Waals surface area contributed by atoms with E-state index in [0.29, 0.717) is 0 Å². The molecule has 0 aliphatic rings. The van der Waals surface area contributed by atoms with Crippen LogP contribution in [0.5, 0.6) is 0 Å². The van der Waals surface area contributed by atoms with Crippen LogP contribution in [0.3, 0.4) is 0 Å². The van der Waals surface area contributed by atoms with E-state index in [1.54, 1.807) is 0 Å². The SMILES string of the molecule is CCOC(F)C(F)(F)OCC. The van der Waals surface area contributed by atoms with Gasteiger partial charge in [-0.2, -0.15) is 8.78 Å². The molecule has 11 heavy (non-hydrogen) atoms. The zero-order valence-electron chi connectivity index (χ0n) is 6.44. The maximum atomic E-state index is 12.3. The molecule has 0 fully saturated rings. The zero-order valence-corrected chi connectivity index (χ0v) is 6.44. The van der Waals surface area contributed by atoms with E-state index in [4.69, 9.17) is 0 Å². The van der Waals surface area contributed by atoms with Crippen molar-refractivity contribution in [2.45, 2.75) is 26.3 Å².